The summed E-state index contributed by atoms with van der Waals surface area (Å²) in [7, 11) is 2.07. The minimum Gasteiger partial charge on any atom is -0.478 e. The molecule has 0 radical (unpaired) electrons. The van der Waals surface area contributed by atoms with Crippen molar-refractivity contribution in [1.29, 1.82) is 0 Å². The average molecular weight is 163 g/mol. The molecule has 1 aliphatic rings. The summed E-state index contributed by atoms with van der Waals surface area (Å²) in [6.07, 6.45) is 0. The first-order valence-electron chi connectivity index (χ1n) is 4.21. The van der Waals surface area contributed by atoms with E-state index in [4.69, 9.17) is 4.74 Å². The second-order valence-electron chi connectivity index (χ2n) is 3.24. The van der Waals surface area contributed by atoms with E-state index in [2.05, 4.69) is 31.0 Å². The third-order valence-electron chi connectivity index (χ3n) is 2.45. The number of hydrogen-bond donors (Lipinski definition) is 0. The summed E-state index contributed by atoms with van der Waals surface area (Å²) in [5, 5.41) is 0. The fourth-order valence-corrected chi connectivity index (χ4v) is 1.48. The molecule has 1 atom stereocenters. The quantitative estimate of drug-likeness (QED) is 0.580. The molecule has 2 rings (SSSR count). The second-order valence-corrected chi connectivity index (χ2v) is 3.24. The second kappa shape index (κ2) is 2.79. The molecular formula is C10H13NO. The molecule has 1 heterocycles. The van der Waals surface area contributed by atoms with Crippen molar-refractivity contribution in [3.63, 3.8) is 0 Å². The van der Waals surface area contributed by atoms with Crippen LogP contribution in [0.15, 0.2) is 24.3 Å². The lowest BCUT2D eigenvalue weighted by molar-refractivity contribution is 0.0907. The Bertz CT molecular complexity index is 285. The number of benzene rings is 1. The van der Waals surface area contributed by atoms with E-state index < -0.39 is 0 Å². The van der Waals surface area contributed by atoms with Crippen molar-refractivity contribution in [2.45, 2.75) is 13.0 Å². The molecule has 0 aromatic heterocycles. The summed E-state index contributed by atoms with van der Waals surface area (Å²) in [6.45, 7) is 2.89. The Morgan fingerprint density at radius 3 is 3.00 bits per heavy atom. The van der Waals surface area contributed by atoms with Crippen LogP contribution in [0.3, 0.4) is 0 Å². The highest BCUT2D eigenvalue weighted by molar-refractivity contribution is 5.36. The van der Waals surface area contributed by atoms with E-state index in [-0.39, 0.29) is 0 Å². The first kappa shape index (κ1) is 7.62. The molecular weight excluding hydrogens is 150 g/mol. The van der Waals surface area contributed by atoms with E-state index in [1.54, 1.807) is 0 Å². The number of para-hydroxylation sites is 1. The average Bonchev–Trinajstić information content (AvgIpc) is 2.12. The first-order valence-corrected chi connectivity index (χ1v) is 4.21. The highest BCUT2D eigenvalue weighted by Gasteiger charge is 2.20. The van der Waals surface area contributed by atoms with Gasteiger partial charge in [0.25, 0.3) is 0 Å². The fourth-order valence-electron chi connectivity index (χ4n) is 1.48. The summed E-state index contributed by atoms with van der Waals surface area (Å²) in [5.74, 6) is 1.03. The minimum absolute atomic E-state index is 0.468. The van der Waals surface area contributed by atoms with Crippen LogP contribution in [0, 0.1) is 0 Å². The van der Waals surface area contributed by atoms with Crippen molar-refractivity contribution in [2.75, 3.05) is 13.8 Å². The van der Waals surface area contributed by atoms with Gasteiger partial charge in [-0.05, 0) is 20.0 Å². The first-order chi connectivity index (χ1) is 5.79. The van der Waals surface area contributed by atoms with Gasteiger partial charge < -0.3 is 4.74 Å². The third-order valence-corrected chi connectivity index (χ3v) is 2.45. The molecule has 0 saturated carbocycles. The van der Waals surface area contributed by atoms with Gasteiger partial charge in [0.2, 0.25) is 0 Å². The zero-order valence-electron chi connectivity index (χ0n) is 7.45. The van der Waals surface area contributed by atoms with Gasteiger partial charge in [-0.3, -0.25) is 4.90 Å². The van der Waals surface area contributed by atoms with Gasteiger partial charge in [-0.2, -0.15) is 0 Å². The zero-order valence-corrected chi connectivity index (χ0v) is 7.45. The van der Waals surface area contributed by atoms with Crippen molar-refractivity contribution >= 4 is 0 Å². The molecule has 0 aliphatic carbocycles. The van der Waals surface area contributed by atoms with Crippen LogP contribution in [0.25, 0.3) is 0 Å². The van der Waals surface area contributed by atoms with E-state index in [0.717, 1.165) is 5.75 Å². The number of nitrogens with zero attached hydrogens (tertiary/aromatic N) is 1. The fraction of sp³-hybridized carbons (Fsp3) is 0.400. The van der Waals surface area contributed by atoms with Gasteiger partial charge in [-0.15, -0.1) is 0 Å². The molecule has 0 unspecified atom stereocenters. The van der Waals surface area contributed by atoms with E-state index in [9.17, 15) is 0 Å². The van der Waals surface area contributed by atoms with E-state index in [1.807, 2.05) is 12.1 Å². The number of fused-ring (bicyclic) bond motifs is 1. The van der Waals surface area contributed by atoms with Crippen molar-refractivity contribution in [1.82, 2.24) is 4.90 Å². The molecule has 1 aliphatic heterocycles. The van der Waals surface area contributed by atoms with Crippen LogP contribution in [-0.2, 0) is 0 Å². The van der Waals surface area contributed by atoms with E-state index >= 15 is 0 Å². The topological polar surface area (TPSA) is 12.5 Å². The normalized spacial score (nSPS) is 23.0. The van der Waals surface area contributed by atoms with Gasteiger partial charge in [-0.25, -0.2) is 0 Å². The molecule has 0 fully saturated rings. The minimum atomic E-state index is 0.468. The van der Waals surface area contributed by atoms with Gasteiger partial charge in [-0.1, -0.05) is 18.2 Å². The summed E-state index contributed by atoms with van der Waals surface area (Å²) in [5.41, 5.74) is 1.28. The van der Waals surface area contributed by atoms with Gasteiger partial charge in [0, 0.05) is 11.6 Å². The predicted octanol–water partition coefficient (Wildman–Crippen LogP) is 2.03. The smallest absolute Gasteiger partial charge is 0.142 e. The summed E-state index contributed by atoms with van der Waals surface area (Å²) >= 11 is 0. The van der Waals surface area contributed by atoms with Crippen molar-refractivity contribution in [3.8, 4) is 5.75 Å². The van der Waals surface area contributed by atoms with Crippen molar-refractivity contribution in [3.05, 3.63) is 29.8 Å². The molecule has 2 heteroatoms. The molecule has 64 valence electrons. The van der Waals surface area contributed by atoms with Crippen LogP contribution < -0.4 is 4.74 Å². The Balaban J connectivity index is 2.42. The maximum absolute atomic E-state index is 5.53. The van der Waals surface area contributed by atoms with Crippen molar-refractivity contribution < 1.29 is 4.74 Å². The molecule has 0 spiro atoms. The predicted molar refractivity (Wildman–Crippen MR) is 48.1 cm³/mol. The molecule has 0 amide bonds. The molecule has 2 nitrogen and oxygen atoms in total. The van der Waals surface area contributed by atoms with Gasteiger partial charge in [0.15, 0.2) is 0 Å². The SMILES string of the molecule is C[C@H]1c2ccccc2OCN1C. The highest BCUT2D eigenvalue weighted by atomic mass is 16.5. The number of ether oxygens (including phenoxy) is 1. The van der Waals surface area contributed by atoms with Gasteiger partial charge in [0.05, 0.1) is 0 Å². The largest absolute Gasteiger partial charge is 0.478 e. The monoisotopic (exact) mass is 163 g/mol. The number of rotatable bonds is 0. The summed E-state index contributed by atoms with van der Waals surface area (Å²) < 4.78 is 5.53. The maximum atomic E-state index is 5.53. The lowest BCUT2D eigenvalue weighted by atomic mass is 10.1. The zero-order chi connectivity index (χ0) is 8.55. The standard InChI is InChI=1S/C10H13NO/c1-8-9-5-3-4-6-10(9)12-7-11(8)2/h3-6,8H,7H2,1-2H3/t8-/m0/s1. The molecule has 1 aromatic rings. The third kappa shape index (κ3) is 1.08. The Morgan fingerprint density at radius 2 is 2.17 bits per heavy atom. The summed E-state index contributed by atoms with van der Waals surface area (Å²) in [4.78, 5) is 2.18. The van der Waals surface area contributed by atoms with E-state index in [0.29, 0.717) is 12.8 Å². The Labute approximate surface area is 72.8 Å². The van der Waals surface area contributed by atoms with Gasteiger partial charge >= 0.3 is 0 Å². The molecule has 0 N–H and O–H groups in total. The van der Waals surface area contributed by atoms with Gasteiger partial charge in [0.1, 0.15) is 12.5 Å². The molecule has 0 bridgehead atoms. The van der Waals surface area contributed by atoms with Crippen LogP contribution in [0.5, 0.6) is 5.75 Å². The van der Waals surface area contributed by atoms with E-state index in [1.165, 1.54) is 5.56 Å². The maximum Gasteiger partial charge on any atom is 0.142 e. The molecule has 12 heavy (non-hydrogen) atoms. The summed E-state index contributed by atoms with van der Waals surface area (Å²) in [6, 6.07) is 8.68. The highest BCUT2D eigenvalue weighted by Crippen LogP contribution is 2.31. The Kier molecular flexibility index (Phi) is 1.77. The van der Waals surface area contributed by atoms with Crippen LogP contribution in [0.4, 0.5) is 0 Å². The van der Waals surface area contributed by atoms with Crippen LogP contribution in [0.1, 0.15) is 18.5 Å². The van der Waals surface area contributed by atoms with Crippen molar-refractivity contribution in [2.24, 2.45) is 0 Å². The molecule has 0 saturated heterocycles. The number of hydrogen-bond acceptors (Lipinski definition) is 2. The Hall–Kier alpha value is -1.02. The van der Waals surface area contributed by atoms with Crippen LogP contribution in [0.2, 0.25) is 0 Å². The lowest BCUT2D eigenvalue weighted by Gasteiger charge is -2.31. The Morgan fingerprint density at radius 1 is 1.42 bits per heavy atom. The van der Waals surface area contributed by atoms with Crippen LogP contribution in [-0.4, -0.2) is 18.7 Å². The van der Waals surface area contributed by atoms with Crippen LogP contribution >= 0.6 is 0 Å². The lowest BCUT2D eigenvalue weighted by Crippen LogP contribution is -2.31. The molecule has 1 aromatic carbocycles.